The third-order valence-corrected chi connectivity index (χ3v) is 27.4. The Bertz CT molecular complexity index is 6690. The van der Waals surface area contributed by atoms with E-state index in [1.165, 1.54) is 55.7 Å². The van der Waals surface area contributed by atoms with E-state index in [9.17, 15) is 42.3 Å². The largest absolute Gasteiger partial charge is 0.478 e. The minimum atomic E-state index is -2.55. The minimum absolute atomic E-state index is 0. The first-order chi connectivity index (χ1) is 63.5. The van der Waals surface area contributed by atoms with Crippen LogP contribution in [0.3, 0.4) is 0 Å². The van der Waals surface area contributed by atoms with Crippen molar-refractivity contribution in [1.82, 2.24) is 29.1 Å². The number of aliphatic hydroxyl groups is 3. The van der Waals surface area contributed by atoms with E-state index >= 15 is 13.2 Å². The lowest BCUT2D eigenvalue weighted by Crippen LogP contribution is -2.35. The molecule has 0 radical (unpaired) electrons. The Morgan fingerprint density at radius 1 is 0.423 bits per heavy atom. The first-order valence-electron chi connectivity index (χ1n) is 43.4. The number of carboxylic acid groups (broad SMARTS) is 1. The summed E-state index contributed by atoms with van der Waals surface area (Å²) in [7, 11) is -9.86. The molecule has 0 unspecified atom stereocenters. The van der Waals surface area contributed by atoms with Crippen molar-refractivity contribution in [2.24, 2.45) is 8.73 Å². The van der Waals surface area contributed by atoms with Gasteiger partial charge < -0.3 is 77.5 Å². The van der Waals surface area contributed by atoms with E-state index in [-0.39, 0.29) is 104 Å². The van der Waals surface area contributed by atoms with Crippen molar-refractivity contribution in [3.05, 3.63) is 216 Å². The average Bonchev–Trinajstić information content (AvgIpc) is 1.61. The second-order valence-corrected chi connectivity index (χ2v) is 55.8. The van der Waals surface area contributed by atoms with Crippen molar-refractivity contribution in [2.75, 3.05) is 90.4 Å². The smallest absolute Gasteiger partial charge is 0.335 e. The number of carbonyl (C=O) groups is 3. The average molecular weight is 1980 g/mol. The van der Waals surface area contributed by atoms with Gasteiger partial charge in [0.25, 0.3) is 11.8 Å². The number of pyridine rings is 3. The Morgan fingerprint density at radius 2 is 0.708 bits per heavy atom. The molecule has 6 saturated heterocycles. The molecule has 0 bridgehead atoms. The summed E-state index contributed by atoms with van der Waals surface area (Å²) in [4.78, 5) is 52.6. The Balaban J connectivity index is 0.000000178. The number of carbonyl (C=O) groups excluding carboxylic acids is 2. The van der Waals surface area contributed by atoms with Crippen LogP contribution in [0.4, 0.5) is 13.2 Å². The summed E-state index contributed by atoms with van der Waals surface area (Å²) in [5, 5.41) is 39.4. The number of rotatable bonds is 25. The number of halogens is 3. The van der Waals surface area contributed by atoms with Gasteiger partial charge in [-0.2, -0.15) is 8.73 Å². The zero-order chi connectivity index (χ0) is 95.6. The number of fused-ring (bicyclic) bond motifs is 6. The first kappa shape index (κ1) is 105. The standard InChI is InChI=1S/C34H40FN3O7SSi.C32H35FN2O7Si.C28H26FN3O6S.C2H7NOS.3CH4/c1-46(2,41)37-34(40)24-12-8-22(9-13-24)21-6-10-23(11-7-21)31-25(35)16-27-26(36-31)17-30(38(27)20-42-14-15-47(3,4)5)45-29-19-44-32-28(39)18-43-33(29)32;1-43(2,3)13-12-39-18-35-25-14-23(33)29(21-8-4-19(5-9-21)20-6-10-22(11-7-20)32(37)38)34-24(25)15-28(35)42-27-17-41-30-26(36)16-40-31(27)30;1-39(2,35)32-28(34)18-9-5-16(6-10-18)15-3-7-17(8-4-15)25-19(29)11-20-21(31-25)12-24(30-20)38-23-14-37-26-22(33)13-36-27(23)26;1-5(2,3)4;;;/h6-13,16-17,28-29,32-33,39H,14-15,18-20H2,1-5H3;4-11,14-15,26-27,30-31,36H,12-13,16-18H2,1-3H3,(H,37,38);3-12,22-23,26-27,30,33H,13-14H2,1-2H3;3H,1-2H3;3*1H4/t28-,29-,32-,33-;26-,27-,30-,31-;22-,23-,26-,27-;;;;/m111..../s1. The number of aromatic nitrogens is 6. The maximum absolute atomic E-state index is 15.7. The molecule has 6 aliphatic rings. The van der Waals surface area contributed by atoms with Crippen LogP contribution < -0.4 is 14.2 Å². The number of aliphatic hydroxyl groups excluding tert-OH is 3. The van der Waals surface area contributed by atoms with E-state index in [0.717, 1.165) is 45.5 Å². The molecule has 137 heavy (non-hydrogen) atoms. The molecular weight excluding hydrogens is 1860 g/mol. The molecule has 0 spiro atoms. The van der Waals surface area contributed by atoms with E-state index in [1.54, 1.807) is 137 Å². The fourth-order valence-corrected chi connectivity index (χ4v) is 18.5. The summed E-state index contributed by atoms with van der Waals surface area (Å²) in [5.41, 5.74) is 11.7. The van der Waals surface area contributed by atoms with Gasteiger partial charge in [0.15, 0.2) is 53.4 Å². The first-order valence-corrected chi connectivity index (χ1v) is 57.9. The van der Waals surface area contributed by atoms with Crippen LogP contribution in [0.15, 0.2) is 191 Å². The number of aromatic amines is 1. The lowest BCUT2D eigenvalue weighted by molar-refractivity contribution is 0.00475. The topological polar surface area (TPSA) is 398 Å². The highest BCUT2D eigenvalue weighted by Gasteiger charge is 2.51. The maximum atomic E-state index is 15.7. The number of H-pyrrole nitrogens is 1. The van der Waals surface area contributed by atoms with E-state index < -0.39 is 148 Å². The zero-order valence-corrected chi connectivity index (χ0v) is 80.4. The molecule has 18 rings (SSSR count). The highest BCUT2D eigenvalue weighted by Crippen LogP contribution is 2.40. The van der Waals surface area contributed by atoms with E-state index in [1.807, 2.05) is 36.4 Å². The van der Waals surface area contributed by atoms with Crippen molar-refractivity contribution < 1.29 is 113 Å². The zero-order valence-electron chi connectivity index (χ0n) is 76.0. The Kier molecular flexibility index (Phi) is 33.6. The van der Waals surface area contributed by atoms with E-state index in [0.29, 0.717) is 91.8 Å². The molecule has 6 aliphatic heterocycles. The van der Waals surface area contributed by atoms with Crippen LogP contribution in [-0.4, -0.2) is 260 Å². The van der Waals surface area contributed by atoms with E-state index in [2.05, 4.69) is 63.0 Å². The molecule has 38 heteroatoms. The number of carboxylic acids is 1. The Labute approximate surface area is 798 Å². The van der Waals surface area contributed by atoms with Gasteiger partial charge >= 0.3 is 5.97 Å². The molecule has 6 aromatic carbocycles. The minimum Gasteiger partial charge on any atom is -0.478 e. The van der Waals surface area contributed by atoms with Crippen LogP contribution >= 0.6 is 0 Å². The van der Waals surface area contributed by atoms with Gasteiger partial charge in [0.05, 0.1) is 78.3 Å². The molecular formula is C99H120F3N9O21S3Si2. The molecule has 12 heterocycles. The Hall–Kier alpha value is -10.8. The lowest BCUT2D eigenvalue weighted by atomic mass is 10.0. The molecule has 0 aliphatic carbocycles. The molecule has 0 saturated carbocycles. The van der Waals surface area contributed by atoms with Crippen molar-refractivity contribution in [2.45, 2.75) is 160 Å². The normalized spacial score (nSPS) is 21.0. The summed E-state index contributed by atoms with van der Waals surface area (Å²) < 4.78 is 162. The number of ether oxygens (including phenoxy) is 11. The predicted octanol–water partition coefficient (Wildman–Crippen LogP) is 17.0. The van der Waals surface area contributed by atoms with Crippen LogP contribution in [0.2, 0.25) is 51.4 Å². The summed E-state index contributed by atoms with van der Waals surface area (Å²) in [6, 6.07) is 53.8. The predicted molar refractivity (Wildman–Crippen MR) is 529 cm³/mol. The van der Waals surface area contributed by atoms with Crippen molar-refractivity contribution in [3.8, 4) is 84.8 Å². The number of nitrogens with one attached hydrogen (secondary N) is 2. The summed E-state index contributed by atoms with van der Waals surface area (Å²) in [6.45, 7) is 16.6. The van der Waals surface area contributed by atoms with Gasteiger partial charge in [-0.3, -0.25) is 27.7 Å². The van der Waals surface area contributed by atoms with E-state index in [4.69, 9.17) is 67.0 Å². The number of hydrogen-bond acceptors (Lipinski definition) is 24. The van der Waals surface area contributed by atoms with Crippen LogP contribution in [0.5, 0.6) is 17.6 Å². The second-order valence-electron chi connectivity index (χ2n) is 37.0. The van der Waals surface area contributed by atoms with Gasteiger partial charge in [-0.25, -0.2) is 41.3 Å². The molecule has 30 nitrogen and oxygen atoms in total. The lowest BCUT2D eigenvalue weighted by Gasteiger charge is -2.20. The SMILES string of the molecule is C.C.C.CS(C)(=N)=O.CS(C)(=O)=NC(=O)c1ccc(-c2ccc(-c3nc4cc(O[C@@H]5CO[C@H]6[C@@H]5OC[C@H]6O)[nH]c4cc3F)cc2)cc1.C[Si](C)(C)CCOCn1c(O[C@@H]2CO[C@H]3[C@@H]2OC[C@H]3O)cc2nc(-c3ccc(-c4ccc(C(=O)N=S(C)(C)=O)cc4)cc3)c(F)cc21.C[Si](C)(C)CCOCn1c(O[C@@H]2CO[C@H]3[C@@H]2OC[C@H]3O)cc2nc(-c3ccc(-c4ccc(C(=O)O)cc4)cc3)c(F)cc21. The third-order valence-electron chi connectivity index (χ3n) is 22.8. The number of benzene rings is 6. The van der Waals surface area contributed by atoms with Crippen molar-refractivity contribution in [3.63, 3.8) is 0 Å². The number of nitrogens with zero attached hydrogens (tertiary/aromatic N) is 7. The summed E-state index contributed by atoms with van der Waals surface area (Å²) >= 11 is 0. The quantitative estimate of drug-likeness (QED) is 0.0229. The molecule has 12 atom stereocenters. The highest BCUT2D eigenvalue weighted by atomic mass is 32.2. The molecule has 12 aromatic rings. The monoisotopic (exact) mass is 1980 g/mol. The summed E-state index contributed by atoms with van der Waals surface area (Å²) in [5.74, 6) is -2.13. The molecule has 6 fully saturated rings. The summed E-state index contributed by atoms with van der Waals surface area (Å²) in [6.07, 6.45) is 2.66. The highest BCUT2D eigenvalue weighted by molar-refractivity contribution is 7.92. The van der Waals surface area contributed by atoms with Gasteiger partial charge in [-0.05, 0) is 81.9 Å². The van der Waals surface area contributed by atoms with Gasteiger partial charge in [-0.15, -0.1) is 0 Å². The number of aromatic carboxylic acids is 1. The fourth-order valence-electron chi connectivity index (χ4n) is 16.0. The number of amides is 2. The second kappa shape index (κ2) is 43.7. The Morgan fingerprint density at radius 3 is 1.02 bits per heavy atom. The van der Waals surface area contributed by atoms with Crippen molar-refractivity contribution in [1.29, 1.82) is 4.78 Å². The molecule has 734 valence electrons. The van der Waals surface area contributed by atoms with Gasteiger partial charge in [0, 0.05) is 160 Å². The maximum Gasteiger partial charge on any atom is 0.335 e. The van der Waals surface area contributed by atoms with Gasteiger partial charge in [0.1, 0.15) is 85.5 Å². The van der Waals surface area contributed by atoms with Crippen LogP contribution in [0, 0.1) is 22.2 Å². The van der Waals surface area contributed by atoms with Gasteiger partial charge in [0.2, 0.25) is 0 Å². The molecule has 6 N–H and O–H groups in total. The fraction of sp³-hybridized carbons (Fsp3) is 0.394. The molecule has 2 amide bonds. The third kappa shape index (κ3) is 26.2. The van der Waals surface area contributed by atoms with Crippen LogP contribution in [0.25, 0.3) is 100 Å². The van der Waals surface area contributed by atoms with Crippen molar-refractivity contribution >= 4 is 96.2 Å². The molecule has 6 aromatic heterocycles. The van der Waals surface area contributed by atoms with Crippen LogP contribution in [-0.2, 0) is 80.5 Å². The number of hydrogen-bond donors (Lipinski definition) is 6. The van der Waals surface area contributed by atoms with Gasteiger partial charge in [-0.1, -0.05) is 171 Å². The van der Waals surface area contributed by atoms with Crippen LogP contribution in [0.1, 0.15) is 53.4 Å².